The molecule has 0 saturated heterocycles. The number of phenols is 1. The van der Waals surface area contributed by atoms with Crippen LogP contribution in [0.3, 0.4) is 0 Å². The predicted molar refractivity (Wildman–Crippen MR) is 205 cm³/mol. The van der Waals surface area contributed by atoms with Crippen LogP contribution in [0.5, 0.6) is 5.75 Å². The lowest BCUT2D eigenvalue weighted by molar-refractivity contribution is -0.169. The molecule has 12 nitrogen and oxygen atoms in total. The van der Waals surface area contributed by atoms with Crippen LogP contribution in [-0.2, 0) is 28.2 Å². The maximum Gasteiger partial charge on any atom is 0.419 e. The average Bonchev–Trinajstić information content (AvgIpc) is 3.94. The molecule has 1 saturated carbocycles. The number of benzene rings is 2. The number of hydrogen-bond donors (Lipinski definition) is 5. The zero-order valence-electron chi connectivity index (χ0n) is 29.3. The van der Waals surface area contributed by atoms with Crippen LogP contribution in [0.25, 0.3) is 22.0 Å². The summed E-state index contributed by atoms with van der Waals surface area (Å²) in [6, 6.07) is 19.0. The third-order valence-corrected chi connectivity index (χ3v) is 11.9. The maximum atomic E-state index is 13.4. The first-order chi connectivity index (χ1) is 25.1. The van der Waals surface area contributed by atoms with Crippen LogP contribution in [0.15, 0.2) is 91.5 Å². The van der Waals surface area contributed by atoms with E-state index in [2.05, 4.69) is 15.2 Å². The van der Waals surface area contributed by atoms with E-state index in [4.69, 9.17) is 9.15 Å². The summed E-state index contributed by atoms with van der Waals surface area (Å²) < 4.78 is 13.2. The van der Waals surface area contributed by atoms with Gasteiger partial charge in [0.2, 0.25) is 11.2 Å². The number of aliphatic hydroxyl groups is 2. The Balaban J connectivity index is 0.00000280. The molecule has 0 bridgehead atoms. The predicted octanol–water partition coefficient (Wildman–Crippen LogP) is 5.12. The molecule has 0 aliphatic heterocycles. The van der Waals surface area contributed by atoms with E-state index >= 15 is 0 Å². The lowest BCUT2D eigenvalue weighted by Gasteiger charge is -2.35. The number of hydrogen-bond acceptors (Lipinski definition) is 12. The number of pyridine rings is 1. The first-order valence-electron chi connectivity index (χ1n) is 17.2. The zero-order valence-corrected chi connectivity index (χ0v) is 30.9. The van der Waals surface area contributed by atoms with Gasteiger partial charge in [0, 0.05) is 43.7 Å². The second-order valence-electron chi connectivity index (χ2n) is 13.2. The van der Waals surface area contributed by atoms with E-state index in [0.29, 0.717) is 64.3 Å². The number of ether oxygens (including phenoxy) is 1. The van der Waals surface area contributed by atoms with Crippen LogP contribution >= 0.6 is 22.7 Å². The second kappa shape index (κ2) is 17.2. The summed E-state index contributed by atoms with van der Waals surface area (Å²) in [5.74, 6) is -1.14. The van der Waals surface area contributed by atoms with E-state index in [1.807, 2.05) is 48.1 Å². The number of carbonyl (C=O) groups is 1. The quantitative estimate of drug-likeness (QED) is 0.0992. The Hall–Kier alpha value is -4.71. The second-order valence-corrected chi connectivity index (χ2v) is 15.1. The smallest absolute Gasteiger partial charge is 0.419 e. The third kappa shape index (κ3) is 8.18. The van der Waals surface area contributed by atoms with Crippen molar-refractivity contribution in [2.24, 2.45) is 0 Å². The van der Waals surface area contributed by atoms with Crippen molar-refractivity contribution in [2.75, 3.05) is 20.1 Å². The summed E-state index contributed by atoms with van der Waals surface area (Å²) in [4.78, 5) is 43.9. The van der Waals surface area contributed by atoms with Gasteiger partial charge in [-0.25, -0.2) is 9.59 Å². The average molecular weight is 785 g/mol. The summed E-state index contributed by atoms with van der Waals surface area (Å²) in [7, 11) is 2.04. The molecule has 4 aromatic heterocycles. The maximum absolute atomic E-state index is 13.4. The number of aromatic hydroxyl groups is 1. The molecule has 16 heteroatoms. The molecule has 0 spiro atoms. The van der Waals surface area contributed by atoms with Gasteiger partial charge in [-0.3, -0.25) is 18.8 Å². The molecule has 6 aromatic rings. The van der Waals surface area contributed by atoms with Crippen molar-refractivity contribution < 1.29 is 38.7 Å². The highest BCUT2D eigenvalue weighted by molar-refractivity contribution is 7.12. The van der Waals surface area contributed by atoms with Crippen molar-refractivity contribution in [3.8, 4) is 5.75 Å². The highest BCUT2D eigenvalue weighted by Crippen LogP contribution is 2.38. The number of nitrogens with one attached hydrogen (secondary N) is 2. The van der Waals surface area contributed by atoms with Crippen LogP contribution in [0.4, 0.5) is 9.41 Å². The highest BCUT2D eigenvalue weighted by Gasteiger charge is 2.45. The summed E-state index contributed by atoms with van der Waals surface area (Å²) in [6.45, 7) is 1.70. The molecule has 0 amide bonds. The molecule has 0 radical (unpaired) electrons. The molecule has 0 unspecified atom stereocenters. The van der Waals surface area contributed by atoms with Crippen LogP contribution in [0, 0.1) is 0 Å². The monoisotopic (exact) mass is 784 g/mol. The van der Waals surface area contributed by atoms with Gasteiger partial charge in [0.15, 0.2) is 5.58 Å². The molecule has 54 heavy (non-hydrogen) atoms. The number of carbonyl (C=O) groups excluding carboxylic acids is 1. The van der Waals surface area contributed by atoms with Crippen molar-refractivity contribution in [1.82, 2.24) is 19.8 Å². The van der Waals surface area contributed by atoms with Gasteiger partial charge in [-0.05, 0) is 91.0 Å². The first-order valence-corrected chi connectivity index (χ1v) is 19.0. The number of likely N-dealkylation sites (N-methyl/N-ethyl adjacent to an activating group) is 1. The van der Waals surface area contributed by atoms with Crippen LogP contribution in [-0.4, -0.2) is 68.0 Å². The van der Waals surface area contributed by atoms with Crippen molar-refractivity contribution >= 4 is 50.6 Å². The third-order valence-electron chi connectivity index (χ3n) is 9.93. The highest BCUT2D eigenvalue weighted by atomic mass is 32.1. The fourth-order valence-electron chi connectivity index (χ4n) is 7.02. The Kier molecular flexibility index (Phi) is 12.9. The standard InChI is InChI=1S/C38H40N4O8S2.2FH/c1-41(24-7-9-25(10-8-24)49-36(46)38(48,32-4-2-18-51-32)33-5-3-19-52-33)16-17-42-28-13-6-23(20-31(28)50-37(42)47)21-39-22-30(44)26-11-14-29(43)35-27(26)12-15-34(45)40-35;;/h2-6,11-15,18-20,24-25,30,39,43-44,48H,7-10,16-17,21-22H2,1H3,(H,40,45);2*1H/t24?,25?,30-;;/m0../s1. The van der Waals surface area contributed by atoms with Crippen LogP contribution < -0.4 is 16.6 Å². The number of aromatic nitrogens is 2. The van der Waals surface area contributed by atoms with Gasteiger partial charge in [-0.15, -0.1) is 22.7 Å². The van der Waals surface area contributed by atoms with E-state index in [9.17, 15) is 29.7 Å². The molecule has 1 fully saturated rings. The Morgan fingerprint density at radius 3 is 2.41 bits per heavy atom. The Morgan fingerprint density at radius 2 is 1.74 bits per heavy atom. The van der Waals surface area contributed by atoms with Gasteiger partial charge < -0.3 is 39.7 Å². The fourth-order valence-corrected chi connectivity index (χ4v) is 8.73. The van der Waals surface area contributed by atoms with Crippen molar-refractivity contribution in [3.63, 3.8) is 0 Å². The molecule has 1 aliphatic carbocycles. The van der Waals surface area contributed by atoms with Crippen molar-refractivity contribution in [3.05, 3.63) is 119 Å². The molecule has 1 aliphatic rings. The van der Waals surface area contributed by atoms with E-state index in [0.717, 1.165) is 18.4 Å². The molecular weight excluding hydrogens is 743 g/mol. The largest absolute Gasteiger partial charge is 0.506 e. The number of halogens is 2. The Labute approximate surface area is 316 Å². The lowest BCUT2D eigenvalue weighted by atomic mass is 9.91. The van der Waals surface area contributed by atoms with Crippen molar-refractivity contribution in [2.45, 2.75) is 62.6 Å². The number of aromatic amines is 1. The van der Waals surface area contributed by atoms with Crippen LogP contribution in [0.1, 0.15) is 52.7 Å². The number of rotatable bonds is 13. The lowest BCUT2D eigenvalue weighted by Crippen LogP contribution is -2.42. The molecule has 288 valence electrons. The number of esters is 1. The van der Waals surface area contributed by atoms with Gasteiger partial charge in [0.05, 0.1) is 26.9 Å². The summed E-state index contributed by atoms with van der Waals surface area (Å²) >= 11 is 2.65. The van der Waals surface area contributed by atoms with E-state index < -0.39 is 23.4 Å². The number of H-pyrrole nitrogens is 1. The summed E-state index contributed by atoms with van der Waals surface area (Å²) in [5, 5.41) is 40.0. The van der Waals surface area contributed by atoms with Gasteiger partial charge in [-0.2, -0.15) is 0 Å². The number of phenolic OH excluding ortho intramolecular Hbond substituents is 1. The van der Waals surface area contributed by atoms with Gasteiger partial charge in [0.1, 0.15) is 11.9 Å². The minimum Gasteiger partial charge on any atom is -0.506 e. The molecule has 2 aromatic carbocycles. The Morgan fingerprint density at radius 1 is 1.04 bits per heavy atom. The molecule has 1 atom stereocenters. The molecule has 4 heterocycles. The molecule has 7 rings (SSSR count). The van der Waals surface area contributed by atoms with Gasteiger partial charge in [0.25, 0.3) is 0 Å². The van der Waals surface area contributed by atoms with E-state index in [1.165, 1.54) is 34.8 Å². The van der Waals surface area contributed by atoms with Crippen LogP contribution in [0.2, 0.25) is 0 Å². The Bertz CT molecular complexity index is 2250. The molecular formula is C38H42F2N4O8S2. The van der Waals surface area contributed by atoms with E-state index in [1.54, 1.807) is 28.8 Å². The zero-order chi connectivity index (χ0) is 36.4. The summed E-state index contributed by atoms with van der Waals surface area (Å²) in [6.07, 6.45) is 1.82. The van der Waals surface area contributed by atoms with E-state index in [-0.39, 0.29) is 44.9 Å². The number of fused-ring (bicyclic) bond motifs is 2. The summed E-state index contributed by atoms with van der Waals surface area (Å²) in [5.41, 5.74) is 0.750. The molecule has 5 N–H and O–H groups in total. The first kappa shape index (κ1) is 40.5. The topological polar surface area (TPSA) is 170 Å². The number of nitrogens with zero attached hydrogens (tertiary/aromatic N) is 2. The minimum absolute atomic E-state index is 0. The number of aliphatic hydroxyl groups excluding tert-OH is 1. The fraction of sp³-hybridized carbons (Fsp3) is 0.342. The van der Waals surface area contributed by atoms with Gasteiger partial charge in [-0.1, -0.05) is 24.3 Å². The number of oxazole rings is 1. The number of thiophene rings is 2. The van der Waals surface area contributed by atoms with Gasteiger partial charge >= 0.3 is 11.7 Å². The normalized spacial score (nSPS) is 16.6. The minimum atomic E-state index is -1.81. The SMILES string of the molecule is CN(CCn1c(=O)oc2cc(CNC[C@H](O)c3ccc(O)c4[nH]c(=O)ccc34)ccc21)C1CCC(OC(=O)C(O)(c2cccs2)c2cccs2)CC1.F.F. The van der Waals surface area contributed by atoms with Crippen molar-refractivity contribution in [1.29, 1.82) is 0 Å².